The van der Waals surface area contributed by atoms with Crippen molar-refractivity contribution in [2.75, 3.05) is 11.4 Å². The molecule has 3 rings (SSSR count). The molecule has 1 aliphatic heterocycles. The summed E-state index contributed by atoms with van der Waals surface area (Å²) in [4.78, 5) is 27.2. The van der Waals surface area contributed by atoms with Crippen molar-refractivity contribution in [3.05, 3.63) is 29.8 Å². The molecule has 1 aromatic rings. The van der Waals surface area contributed by atoms with Crippen molar-refractivity contribution in [3.8, 4) is 0 Å². The summed E-state index contributed by atoms with van der Waals surface area (Å²) in [6, 6.07) is 7.46. The molecule has 3 N–H and O–H groups in total. The Morgan fingerprint density at radius 3 is 2.50 bits per heavy atom. The summed E-state index contributed by atoms with van der Waals surface area (Å²) in [7, 11) is 0. The Bertz CT molecular complexity index is 606. The van der Waals surface area contributed by atoms with Crippen molar-refractivity contribution in [1.82, 2.24) is 5.32 Å². The Kier molecular flexibility index (Phi) is 4.90. The molecule has 1 unspecified atom stereocenters. The molecule has 5 heteroatoms. The maximum atomic E-state index is 12.8. The molecule has 24 heavy (non-hydrogen) atoms. The normalized spacial score (nSPS) is 23.8. The molecule has 1 heterocycles. The van der Waals surface area contributed by atoms with Crippen LogP contribution < -0.4 is 16.0 Å². The number of nitrogens with zero attached hydrogens (tertiary/aromatic N) is 1. The van der Waals surface area contributed by atoms with Gasteiger partial charge in [0.1, 0.15) is 6.04 Å². The van der Waals surface area contributed by atoms with E-state index in [1.54, 1.807) is 4.90 Å². The Labute approximate surface area is 143 Å². The van der Waals surface area contributed by atoms with Crippen LogP contribution in [0.4, 0.5) is 5.69 Å². The molecule has 2 fully saturated rings. The predicted octanol–water partition coefficient (Wildman–Crippen LogP) is 2.27. The zero-order valence-corrected chi connectivity index (χ0v) is 14.4. The van der Waals surface area contributed by atoms with E-state index in [1.807, 2.05) is 31.2 Å². The molecule has 0 aromatic heterocycles. The first-order valence-corrected chi connectivity index (χ1v) is 8.97. The van der Waals surface area contributed by atoms with E-state index in [-0.39, 0.29) is 11.8 Å². The Hall–Kier alpha value is -1.88. The number of piperidine rings is 1. The zero-order chi connectivity index (χ0) is 17.2. The van der Waals surface area contributed by atoms with Crippen LogP contribution in [0.1, 0.15) is 50.5 Å². The molecule has 1 saturated carbocycles. The van der Waals surface area contributed by atoms with Crippen LogP contribution in [0.15, 0.2) is 24.3 Å². The molecule has 0 spiro atoms. The number of hydrogen-bond acceptors (Lipinski definition) is 3. The van der Waals surface area contributed by atoms with Crippen LogP contribution in [0.5, 0.6) is 0 Å². The number of aryl methyl sites for hydroxylation is 1. The van der Waals surface area contributed by atoms with Crippen molar-refractivity contribution < 1.29 is 9.59 Å². The summed E-state index contributed by atoms with van der Waals surface area (Å²) >= 11 is 0. The van der Waals surface area contributed by atoms with Gasteiger partial charge in [0, 0.05) is 12.2 Å². The lowest BCUT2D eigenvalue weighted by molar-refractivity contribution is -0.132. The van der Waals surface area contributed by atoms with Gasteiger partial charge in [-0.25, -0.2) is 0 Å². The molecule has 0 radical (unpaired) electrons. The number of anilines is 1. The first-order chi connectivity index (χ1) is 11.5. The lowest BCUT2D eigenvalue weighted by Gasteiger charge is -2.36. The smallest absolute Gasteiger partial charge is 0.249 e. The fourth-order valence-electron chi connectivity index (χ4n) is 3.70. The highest BCUT2D eigenvalue weighted by atomic mass is 16.2. The van der Waals surface area contributed by atoms with Gasteiger partial charge in [-0.1, -0.05) is 37.0 Å². The number of benzene rings is 1. The number of nitrogens with one attached hydrogen (secondary N) is 1. The predicted molar refractivity (Wildman–Crippen MR) is 94.7 cm³/mol. The molecule has 2 aliphatic rings. The van der Waals surface area contributed by atoms with Crippen LogP contribution in [0, 0.1) is 6.92 Å². The van der Waals surface area contributed by atoms with E-state index < -0.39 is 11.6 Å². The van der Waals surface area contributed by atoms with Crippen LogP contribution in [-0.2, 0) is 9.59 Å². The SMILES string of the molecule is Cc1ccc(N2CCCC(NC(=O)C3(N)CCCCC3)C2=O)cc1. The lowest BCUT2D eigenvalue weighted by atomic mass is 9.81. The highest BCUT2D eigenvalue weighted by Gasteiger charge is 2.39. The summed E-state index contributed by atoms with van der Waals surface area (Å²) in [6.45, 7) is 2.72. The molecule has 5 nitrogen and oxygen atoms in total. The summed E-state index contributed by atoms with van der Waals surface area (Å²) in [5, 5.41) is 2.93. The lowest BCUT2D eigenvalue weighted by Crippen LogP contribution is -2.61. The second-order valence-electron chi connectivity index (χ2n) is 7.21. The van der Waals surface area contributed by atoms with Gasteiger partial charge in [0.2, 0.25) is 11.8 Å². The quantitative estimate of drug-likeness (QED) is 0.893. The summed E-state index contributed by atoms with van der Waals surface area (Å²) in [6.07, 6.45) is 6.08. The topological polar surface area (TPSA) is 75.4 Å². The van der Waals surface area contributed by atoms with Gasteiger partial charge in [0.15, 0.2) is 0 Å². The van der Waals surface area contributed by atoms with E-state index >= 15 is 0 Å². The first kappa shape index (κ1) is 17.0. The van der Waals surface area contributed by atoms with E-state index in [0.29, 0.717) is 25.8 Å². The van der Waals surface area contributed by atoms with E-state index in [4.69, 9.17) is 5.73 Å². The second kappa shape index (κ2) is 6.93. The summed E-state index contributed by atoms with van der Waals surface area (Å²) in [5.41, 5.74) is 7.55. The fourth-order valence-corrected chi connectivity index (χ4v) is 3.70. The monoisotopic (exact) mass is 329 g/mol. The van der Waals surface area contributed by atoms with Gasteiger partial charge in [0.25, 0.3) is 0 Å². The Balaban J connectivity index is 1.68. The molecular formula is C19H27N3O2. The van der Waals surface area contributed by atoms with Crippen LogP contribution in [0.2, 0.25) is 0 Å². The average Bonchev–Trinajstić information content (AvgIpc) is 2.58. The first-order valence-electron chi connectivity index (χ1n) is 8.97. The van der Waals surface area contributed by atoms with E-state index in [2.05, 4.69) is 5.32 Å². The average molecular weight is 329 g/mol. The number of carbonyl (C=O) groups is 2. The Morgan fingerprint density at radius 1 is 1.17 bits per heavy atom. The van der Waals surface area contributed by atoms with Crippen molar-refractivity contribution in [2.24, 2.45) is 5.73 Å². The zero-order valence-electron chi connectivity index (χ0n) is 14.4. The molecule has 1 atom stereocenters. The van der Waals surface area contributed by atoms with Crippen molar-refractivity contribution in [1.29, 1.82) is 0 Å². The number of nitrogens with two attached hydrogens (primary N) is 1. The summed E-state index contributed by atoms with van der Waals surface area (Å²) < 4.78 is 0. The fraction of sp³-hybridized carbons (Fsp3) is 0.579. The summed E-state index contributed by atoms with van der Waals surface area (Å²) in [5.74, 6) is -0.191. The van der Waals surface area contributed by atoms with Gasteiger partial charge in [-0.3, -0.25) is 9.59 Å². The third-order valence-corrected chi connectivity index (χ3v) is 5.29. The molecule has 1 aromatic carbocycles. The second-order valence-corrected chi connectivity index (χ2v) is 7.21. The van der Waals surface area contributed by atoms with Crippen LogP contribution in [0.25, 0.3) is 0 Å². The van der Waals surface area contributed by atoms with Crippen molar-refractivity contribution >= 4 is 17.5 Å². The molecule has 1 aliphatic carbocycles. The number of amides is 2. The third kappa shape index (κ3) is 3.46. The number of rotatable bonds is 3. The maximum Gasteiger partial charge on any atom is 0.249 e. The molecular weight excluding hydrogens is 302 g/mol. The van der Waals surface area contributed by atoms with Gasteiger partial charge < -0.3 is 16.0 Å². The minimum Gasteiger partial charge on any atom is -0.343 e. The van der Waals surface area contributed by atoms with Gasteiger partial charge in [0.05, 0.1) is 5.54 Å². The highest BCUT2D eigenvalue weighted by Crippen LogP contribution is 2.27. The standard InChI is InChI=1S/C19H27N3O2/c1-14-7-9-15(10-8-14)22-13-5-6-16(17(22)23)21-18(24)19(20)11-3-2-4-12-19/h7-10,16H,2-6,11-13,20H2,1H3,(H,21,24). The Morgan fingerprint density at radius 2 is 1.83 bits per heavy atom. The minimum absolute atomic E-state index is 0.0298. The van der Waals surface area contributed by atoms with Crippen LogP contribution in [0.3, 0.4) is 0 Å². The molecule has 2 amide bonds. The van der Waals surface area contributed by atoms with Gasteiger partial charge in [-0.2, -0.15) is 0 Å². The molecule has 130 valence electrons. The van der Waals surface area contributed by atoms with Gasteiger partial charge >= 0.3 is 0 Å². The van der Waals surface area contributed by atoms with E-state index in [9.17, 15) is 9.59 Å². The van der Waals surface area contributed by atoms with E-state index in [1.165, 1.54) is 0 Å². The van der Waals surface area contributed by atoms with Crippen molar-refractivity contribution in [2.45, 2.75) is 63.5 Å². The number of carbonyl (C=O) groups excluding carboxylic acids is 2. The maximum absolute atomic E-state index is 12.8. The molecule has 0 bridgehead atoms. The van der Waals surface area contributed by atoms with Gasteiger partial charge in [-0.15, -0.1) is 0 Å². The number of hydrogen-bond donors (Lipinski definition) is 2. The molecule has 1 saturated heterocycles. The van der Waals surface area contributed by atoms with Crippen LogP contribution >= 0.6 is 0 Å². The van der Waals surface area contributed by atoms with E-state index in [0.717, 1.165) is 36.9 Å². The van der Waals surface area contributed by atoms with Crippen LogP contribution in [-0.4, -0.2) is 29.9 Å². The largest absolute Gasteiger partial charge is 0.343 e. The third-order valence-electron chi connectivity index (χ3n) is 5.29. The highest BCUT2D eigenvalue weighted by molar-refractivity contribution is 6.01. The van der Waals surface area contributed by atoms with Crippen molar-refractivity contribution in [3.63, 3.8) is 0 Å². The van der Waals surface area contributed by atoms with Gasteiger partial charge in [-0.05, 0) is 44.7 Å². The minimum atomic E-state index is -0.801.